The number of carboxylic acid groups (broad SMARTS) is 1. The molecule has 3 aliphatic heterocycles. The summed E-state index contributed by atoms with van der Waals surface area (Å²) in [6.45, 7) is 6.81. The summed E-state index contributed by atoms with van der Waals surface area (Å²) >= 11 is 0. The van der Waals surface area contributed by atoms with Crippen LogP contribution in [0, 0.1) is 5.92 Å². The molecule has 2 fully saturated rings. The number of unbranched alkanes of at least 4 members (excludes halogenated alkanes) is 2. The molecular weight excluding hydrogens is 524 g/mol. The zero-order valence-corrected chi connectivity index (χ0v) is 25.1. The van der Waals surface area contributed by atoms with Crippen LogP contribution in [0.25, 0.3) is 0 Å². The minimum atomic E-state index is -0.851. The average molecular weight is 573 g/mol. The second-order valence-corrected chi connectivity index (χ2v) is 12.0. The number of likely N-dealkylation sites (tertiary alicyclic amines) is 2. The largest absolute Gasteiger partial charge is 0.481 e. The number of carboxylic acids is 1. The molecule has 4 rings (SSSR count). The number of hydrogen-bond donors (Lipinski definition) is 1. The lowest BCUT2D eigenvalue weighted by atomic mass is 9.83. The first kappa shape index (κ1) is 31.1. The van der Waals surface area contributed by atoms with Crippen LogP contribution in [0.4, 0.5) is 0 Å². The number of fused-ring (bicyclic) bond motifs is 1. The van der Waals surface area contributed by atoms with Crippen LogP contribution in [0.5, 0.6) is 11.5 Å². The maximum absolute atomic E-state index is 13.7. The molecule has 0 aliphatic carbocycles. The van der Waals surface area contributed by atoms with Gasteiger partial charge in [-0.1, -0.05) is 19.4 Å². The van der Waals surface area contributed by atoms with E-state index in [1.807, 2.05) is 28.0 Å². The summed E-state index contributed by atoms with van der Waals surface area (Å²) in [5, 5.41) is 10.5. The van der Waals surface area contributed by atoms with Gasteiger partial charge in [-0.3, -0.25) is 19.3 Å². The fourth-order valence-corrected chi connectivity index (χ4v) is 6.48. The third-order valence-electron chi connectivity index (χ3n) is 8.71. The van der Waals surface area contributed by atoms with Gasteiger partial charge in [-0.25, -0.2) is 0 Å². The highest BCUT2D eigenvalue weighted by molar-refractivity contribution is 5.79. The third kappa shape index (κ3) is 8.13. The summed E-state index contributed by atoms with van der Waals surface area (Å²) in [5.74, 6) is -0.252. The molecule has 3 heterocycles. The first-order chi connectivity index (χ1) is 19.8. The van der Waals surface area contributed by atoms with Crippen molar-refractivity contribution in [1.82, 2.24) is 19.6 Å². The van der Waals surface area contributed by atoms with Crippen LogP contribution in [0.1, 0.15) is 69.8 Å². The average Bonchev–Trinajstić information content (AvgIpc) is 3.66. The Morgan fingerprint density at radius 3 is 2.51 bits per heavy atom. The maximum atomic E-state index is 13.7. The molecule has 1 aromatic carbocycles. The number of carbonyl (C=O) groups excluding carboxylic acids is 2. The summed E-state index contributed by atoms with van der Waals surface area (Å²) in [7, 11) is 4.12. The summed E-state index contributed by atoms with van der Waals surface area (Å²) in [4.78, 5) is 46.8. The Balaban J connectivity index is 1.51. The molecule has 2 saturated heterocycles. The second-order valence-electron chi connectivity index (χ2n) is 12.0. The molecule has 3 aliphatic rings. The van der Waals surface area contributed by atoms with E-state index in [-0.39, 0.29) is 37.1 Å². The van der Waals surface area contributed by atoms with Crippen molar-refractivity contribution in [2.75, 3.05) is 66.7 Å². The Morgan fingerprint density at radius 2 is 1.80 bits per heavy atom. The van der Waals surface area contributed by atoms with E-state index in [9.17, 15) is 19.5 Å². The van der Waals surface area contributed by atoms with Crippen molar-refractivity contribution in [3.63, 3.8) is 0 Å². The van der Waals surface area contributed by atoms with Crippen molar-refractivity contribution < 1.29 is 29.0 Å². The molecule has 0 aromatic heterocycles. The van der Waals surface area contributed by atoms with Crippen molar-refractivity contribution in [1.29, 1.82) is 0 Å². The molecule has 3 unspecified atom stereocenters. The smallest absolute Gasteiger partial charge is 0.308 e. The molecule has 0 spiro atoms. The summed E-state index contributed by atoms with van der Waals surface area (Å²) in [6, 6.07) is 5.37. The highest BCUT2D eigenvalue weighted by atomic mass is 16.7. The van der Waals surface area contributed by atoms with Crippen molar-refractivity contribution in [2.24, 2.45) is 5.92 Å². The minimum absolute atomic E-state index is 0.0681. The number of carbonyl (C=O) groups is 3. The molecule has 228 valence electrons. The number of nitrogens with zero attached hydrogens (tertiary/aromatic N) is 4. The summed E-state index contributed by atoms with van der Waals surface area (Å²) < 4.78 is 11.1. The van der Waals surface area contributed by atoms with E-state index in [2.05, 4.69) is 30.8 Å². The van der Waals surface area contributed by atoms with Crippen LogP contribution in [0.3, 0.4) is 0 Å². The zero-order valence-electron chi connectivity index (χ0n) is 25.1. The standard InChI is InChI=1S/C31H48N4O6/c1-4-5-15-34(16-7-6-14-32(2)3)29(37)21-35-20-24(23-12-13-26-27(19-23)41-22-40-26)30(31(38)39)25(35)10-8-17-33-18-9-11-28(33)36/h12-13,19,24-25,30H,4-11,14-18,20-22H2,1-3H3,(H,38,39). The van der Waals surface area contributed by atoms with Crippen molar-refractivity contribution >= 4 is 17.8 Å². The number of hydrogen-bond acceptors (Lipinski definition) is 7. The number of ether oxygens (including phenoxy) is 2. The van der Waals surface area contributed by atoms with Gasteiger partial charge in [0.05, 0.1) is 12.5 Å². The van der Waals surface area contributed by atoms with Crippen LogP contribution >= 0.6 is 0 Å². The van der Waals surface area contributed by atoms with Crippen molar-refractivity contribution in [3.8, 4) is 11.5 Å². The second kappa shape index (κ2) is 14.9. The Bertz CT molecular complexity index is 1050. The molecule has 1 aromatic rings. The summed E-state index contributed by atoms with van der Waals surface area (Å²) in [6.07, 6.45) is 6.73. The van der Waals surface area contributed by atoms with Crippen LogP contribution in [-0.4, -0.2) is 115 Å². The van der Waals surface area contributed by atoms with Crippen LogP contribution in [-0.2, 0) is 14.4 Å². The lowest BCUT2D eigenvalue weighted by Gasteiger charge is -2.30. The Hall–Kier alpha value is -2.85. The van der Waals surface area contributed by atoms with E-state index >= 15 is 0 Å². The SMILES string of the molecule is CCCCN(CCCCN(C)C)C(=O)CN1CC(c2ccc3c(c2)OCO3)C(C(=O)O)C1CCCN1CCCC1=O. The van der Waals surface area contributed by atoms with Crippen LogP contribution in [0.15, 0.2) is 18.2 Å². The van der Waals surface area contributed by atoms with Gasteiger partial charge >= 0.3 is 5.97 Å². The minimum Gasteiger partial charge on any atom is -0.481 e. The number of amides is 2. The fourth-order valence-electron chi connectivity index (χ4n) is 6.48. The highest BCUT2D eigenvalue weighted by Crippen LogP contribution is 2.43. The molecule has 2 amide bonds. The molecule has 1 N–H and O–H groups in total. The molecule has 3 atom stereocenters. The van der Waals surface area contributed by atoms with Gasteiger partial charge in [0.2, 0.25) is 18.6 Å². The molecule has 10 nitrogen and oxygen atoms in total. The number of aliphatic carboxylic acids is 1. The molecule has 41 heavy (non-hydrogen) atoms. The Labute approximate surface area is 244 Å². The Kier molecular flexibility index (Phi) is 11.3. The monoisotopic (exact) mass is 572 g/mol. The number of benzene rings is 1. The lowest BCUT2D eigenvalue weighted by molar-refractivity contribution is -0.144. The maximum Gasteiger partial charge on any atom is 0.308 e. The first-order valence-corrected chi connectivity index (χ1v) is 15.3. The van der Waals surface area contributed by atoms with Gasteiger partial charge in [-0.2, -0.15) is 0 Å². The molecule has 0 saturated carbocycles. The quantitative estimate of drug-likeness (QED) is 0.301. The van der Waals surface area contributed by atoms with Crippen LogP contribution < -0.4 is 9.47 Å². The highest BCUT2D eigenvalue weighted by Gasteiger charge is 2.47. The Morgan fingerprint density at radius 1 is 1.05 bits per heavy atom. The fraction of sp³-hybridized carbons (Fsp3) is 0.710. The predicted octanol–water partition coefficient (Wildman–Crippen LogP) is 3.26. The van der Waals surface area contributed by atoms with E-state index < -0.39 is 11.9 Å². The zero-order chi connectivity index (χ0) is 29.4. The predicted molar refractivity (Wildman–Crippen MR) is 156 cm³/mol. The van der Waals surface area contributed by atoms with Gasteiger partial charge in [0.15, 0.2) is 11.5 Å². The van der Waals surface area contributed by atoms with E-state index in [1.165, 1.54) is 0 Å². The van der Waals surface area contributed by atoms with E-state index in [0.717, 1.165) is 63.8 Å². The van der Waals surface area contributed by atoms with Gasteiger partial charge in [0.1, 0.15) is 0 Å². The lowest BCUT2D eigenvalue weighted by Crippen LogP contribution is -2.45. The summed E-state index contributed by atoms with van der Waals surface area (Å²) in [5.41, 5.74) is 0.892. The van der Waals surface area contributed by atoms with Gasteiger partial charge in [-0.15, -0.1) is 0 Å². The molecule has 10 heteroatoms. The normalized spacial score (nSPS) is 22.2. The van der Waals surface area contributed by atoms with Crippen molar-refractivity contribution in [2.45, 2.75) is 70.3 Å². The van der Waals surface area contributed by atoms with Gasteiger partial charge in [0, 0.05) is 51.1 Å². The first-order valence-electron chi connectivity index (χ1n) is 15.3. The third-order valence-corrected chi connectivity index (χ3v) is 8.71. The van der Waals surface area contributed by atoms with E-state index in [0.29, 0.717) is 43.9 Å². The molecular formula is C31H48N4O6. The number of rotatable bonds is 16. The van der Waals surface area contributed by atoms with Gasteiger partial charge < -0.3 is 29.3 Å². The molecule has 0 bridgehead atoms. The topological polar surface area (TPSA) is 103 Å². The molecule has 0 radical (unpaired) electrons. The van der Waals surface area contributed by atoms with Gasteiger partial charge in [0.25, 0.3) is 0 Å². The van der Waals surface area contributed by atoms with Crippen LogP contribution in [0.2, 0.25) is 0 Å². The van der Waals surface area contributed by atoms with E-state index in [1.54, 1.807) is 0 Å². The van der Waals surface area contributed by atoms with Gasteiger partial charge in [-0.05, 0) is 76.9 Å². The van der Waals surface area contributed by atoms with Crippen molar-refractivity contribution in [3.05, 3.63) is 23.8 Å². The van der Waals surface area contributed by atoms with E-state index in [4.69, 9.17) is 9.47 Å².